The summed E-state index contributed by atoms with van der Waals surface area (Å²) in [5, 5.41) is 22.6. The summed E-state index contributed by atoms with van der Waals surface area (Å²) in [5.41, 5.74) is -0.0695. The quantitative estimate of drug-likeness (QED) is 0.670. The molecular weight excluding hydrogens is 282 g/mol. The van der Waals surface area contributed by atoms with E-state index in [0.29, 0.717) is 0 Å². The fourth-order valence-corrected chi connectivity index (χ4v) is 3.24. The van der Waals surface area contributed by atoms with Crippen molar-refractivity contribution < 1.29 is 18.3 Å². The number of tetrazole rings is 1. The third-order valence-electron chi connectivity index (χ3n) is 1.90. The van der Waals surface area contributed by atoms with Crippen LogP contribution < -0.4 is 4.72 Å². The molecule has 2 aromatic rings. The minimum atomic E-state index is -3.77. The molecule has 0 radical (unpaired) electrons. The van der Waals surface area contributed by atoms with Gasteiger partial charge < -0.3 is 5.11 Å². The van der Waals surface area contributed by atoms with Gasteiger partial charge in [0.2, 0.25) is 10.0 Å². The van der Waals surface area contributed by atoms with Crippen LogP contribution in [0.1, 0.15) is 16.2 Å². The molecule has 0 aliphatic rings. The van der Waals surface area contributed by atoms with Crippen molar-refractivity contribution in [2.75, 3.05) is 0 Å². The predicted molar refractivity (Wildman–Crippen MR) is 59.5 cm³/mol. The lowest BCUT2D eigenvalue weighted by Gasteiger charge is -2.00. The van der Waals surface area contributed by atoms with Gasteiger partial charge in [-0.3, -0.25) is 0 Å². The fourth-order valence-electron chi connectivity index (χ4n) is 1.06. The lowest BCUT2D eigenvalue weighted by atomic mass is 10.4. The predicted octanol–water partition coefficient (Wildman–Crippen LogP) is -0.562. The van der Waals surface area contributed by atoms with E-state index < -0.39 is 16.0 Å². The van der Waals surface area contributed by atoms with E-state index in [1.807, 2.05) is 0 Å². The van der Waals surface area contributed by atoms with Gasteiger partial charge >= 0.3 is 5.97 Å². The number of H-pyrrole nitrogens is 1. The monoisotopic (exact) mass is 289 g/mol. The van der Waals surface area contributed by atoms with Crippen LogP contribution in [0.4, 0.5) is 0 Å². The maximum Gasteiger partial charge on any atom is 0.336 e. The summed E-state index contributed by atoms with van der Waals surface area (Å²) in [7, 11) is -3.77. The van der Waals surface area contributed by atoms with E-state index in [2.05, 4.69) is 25.3 Å². The summed E-state index contributed by atoms with van der Waals surface area (Å²) >= 11 is 0.826. The van der Waals surface area contributed by atoms with Crippen LogP contribution in [0, 0.1) is 0 Å². The number of sulfonamides is 1. The second-order valence-corrected chi connectivity index (χ2v) is 6.02. The normalized spacial score (nSPS) is 11.6. The number of aromatic amines is 1. The number of nitrogens with zero attached hydrogens (tertiary/aromatic N) is 3. The molecule has 0 unspecified atom stereocenters. The van der Waals surface area contributed by atoms with E-state index >= 15 is 0 Å². The van der Waals surface area contributed by atoms with Gasteiger partial charge in [0, 0.05) is 5.38 Å². The molecule has 0 aliphatic heterocycles. The average Bonchev–Trinajstić information content (AvgIpc) is 2.98. The van der Waals surface area contributed by atoms with Crippen LogP contribution in [0.25, 0.3) is 0 Å². The minimum absolute atomic E-state index is 0.0695. The number of thiophene rings is 1. The van der Waals surface area contributed by atoms with Gasteiger partial charge in [0.25, 0.3) is 0 Å². The second-order valence-electron chi connectivity index (χ2n) is 3.11. The van der Waals surface area contributed by atoms with Crippen molar-refractivity contribution in [1.29, 1.82) is 0 Å². The Hall–Kier alpha value is -1.85. The Bertz CT molecular complexity index is 647. The molecular formula is C7H7N5O4S2. The molecule has 0 atom stereocenters. The highest BCUT2D eigenvalue weighted by atomic mass is 32.2. The number of hydrogen-bond donors (Lipinski definition) is 3. The second kappa shape index (κ2) is 4.80. The summed E-state index contributed by atoms with van der Waals surface area (Å²) in [6.07, 6.45) is 0. The van der Waals surface area contributed by atoms with Gasteiger partial charge in [-0.15, -0.1) is 21.5 Å². The Morgan fingerprint density at radius 1 is 1.56 bits per heavy atom. The van der Waals surface area contributed by atoms with Crippen LogP contribution in [0.3, 0.4) is 0 Å². The molecule has 0 saturated heterocycles. The van der Waals surface area contributed by atoms with Gasteiger partial charge in [0.1, 0.15) is 4.21 Å². The van der Waals surface area contributed by atoms with Crippen LogP contribution >= 0.6 is 11.3 Å². The first-order chi connectivity index (χ1) is 8.49. The summed E-state index contributed by atoms with van der Waals surface area (Å²) in [5.74, 6) is -0.987. The zero-order valence-electron chi connectivity index (χ0n) is 8.69. The summed E-state index contributed by atoms with van der Waals surface area (Å²) in [6.45, 7) is -0.126. The molecule has 2 aromatic heterocycles. The lowest BCUT2D eigenvalue weighted by Crippen LogP contribution is -2.23. The van der Waals surface area contributed by atoms with Crippen molar-refractivity contribution in [3.8, 4) is 0 Å². The molecule has 96 valence electrons. The molecule has 2 heterocycles. The zero-order valence-corrected chi connectivity index (χ0v) is 10.3. The van der Waals surface area contributed by atoms with Crippen molar-refractivity contribution >= 4 is 27.3 Å². The molecule has 11 heteroatoms. The van der Waals surface area contributed by atoms with Crippen LogP contribution in [0.2, 0.25) is 0 Å². The van der Waals surface area contributed by atoms with Crippen molar-refractivity contribution in [3.05, 3.63) is 22.8 Å². The number of carbonyl (C=O) groups is 1. The number of hydrogen-bond acceptors (Lipinski definition) is 7. The fraction of sp³-hybridized carbons (Fsp3) is 0.143. The van der Waals surface area contributed by atoms with Gasteiger partial charge in [-0.25, -0.2) is 17.9 Å². The largest absolute Gasteiger partial charge is 0.478 e. The maximum absolute atomic E-state index is 11.8. The highest BCUT2D eigenvalue weighted by molar-refractivity contribution is 7.91. The number of carboxylic acids is 1. The molecule has 18 heavy (non-hydrogen) atoms. The van der Waals surface area contributed by atoms with E-state index in [1.165, 1.54) is 5.38 Å². The standard InChI is InChI=1S/C7H7N5O4S2/c13-7(14)4-1-6(17-3-4)18(15,16)8-2-5-9-11-12-10-5/h1,3,8H,2H2,(H,13,14)(H,9,10,11,12). The van der Waals surface area contributed by atoms with Crippen LogP contribution in [0.15, 0.2) is 15.7 Å². The minimum Gasteiger partial charge on any atom is -0.478 e. The third kappa shape index (κ3) is 2.69. The topological polar surface area (TPSA) is 138 Å². The molecule has 0 saturated carbocycles. The van der Waals surface area contributed by atoms with Gasteiger partial charge in [0.15, 0.2) is 5.82 Å². The number of aromatic carboxylic acids is 1. The number of nitrogens with one attached hydrogen (secondary N) is 2. The molecule has 3 N–H and O–H groups in total. The molecule has 0 spiro atoms. The Morgan fingerprint density at radius 3 is 2.89 bits per heavy atom. The molecule has 2 rings (SSSR count). The van der Waals surface area contributed by atoms with Gasteiger partial charge in [-0.1, -0.05) is 5.21 Å². The SMILES string of the molecule is O=C(O)c1csc(S(=O)(=O)NCc2nn[nH]n2)c1. The van der Waals surface area contributed by atoms with Gasteiger partial charge in [0.05, 0.1) is 12.1 Å². The highest BCUT2D eigenvalue weighted by Crippen LogP contribution is 2.20. The summed E-state index contributed by atoms with van der Waals surface area (Å²) in [4.78, 5) is 10.6. The van der Waals surface area contributed by atoms with Crippen LogP contribution in [-0.4, -0.2) is 40.1 Å². The van der Waals surface area contributed by atoms with Crippen LogP contribution in [-0.2, 0) is 16.6 Å². The van der Waals surface area contributed by atoms with Crippen molar-refractivity contribution in [1.82, 2.24) is 25.3 Å². The Balaban J connectivity index is 2.12. The Labute approximate surface area is 105 Å². The molecule has 0 fully saturated rings. The summed E-state index contributed by atoms with van der Waals surface area (Å²) < 4.78 is 25.7. The van der Waals surface area contributed by atoms with Crippen LogP contribution in [0.5, 0.6) is 0 Å². The van der Waals surface area contributed by atoms with Crippen molar-refractivity contribution in [3.63, 3.8) is 0 Å². The Kier molecular flexibility index (Phi) is 3.36. The van der Waals surface area contributed by atoms with E-state index in [-0.39, 0.29) is 22.1 Å². The van der Waals surface area contributed by atoms with Gasteiger partial charge in [-0.2, -0.15) is 5.21 Å². The average molecular weight is 289 g/mol. The molecule has 9 nitrogen and oxygen atoms in total. The highest BCUT2D eigenvalue weighted by Gasteiger charge is 2.19. The smallest absolute Gasteiger partial charge is 0.336 e. The third-order valence-corrected chi connectivity index (χ3v) is 4.74. The van der Waals surface area contributed by atoms with Crippen molar-refractivity contribution in [2.24, 2.45) is 0 Å². The molecule has 0 aromatic carbocycles. The van der Waals surface area contributed by atoms with E-state index in [1.54, 1.807) is 0 Å². The zero-order chi connectivity index (χ0) is 13.2. The molecule has 0 aliphatic carbocycles. The number of rotatable bonds is 5. The Morgan fingerprint density at radius 2 is 2.33 bits per heavy atom. The first-order valence-electron chi connectivity index (χ1n) is 4.53. The first-order valence-corrected chi connectivity index (χ1v) is 6.89. The van der Waals surface area contributed by atoms with E-state index in [9.17, 15) is 13.2 Å². The number of carboxylic acid groups (broad SMARTS) is 1. The van der Waals surface area contributed by atoms with E-state index in [0.717, 1.165) is 17.4 Å². The maximum atomic E-state index is 11.8. The van der Waals surface area contributed by atoms with E-state index in [4.69, 9.17) is 5.11 Å². The number of aromatic nitrogens is 4. The lowest BCUT2D eigenvalue weighted by molar-refractivity contribution is 0.0697. The van der Waals surface area contributed by atoms with Crippen molar-refractivity contribution in [2.45, 2.75) is 10.8 Å². The molecule has 0 bridgehead atoms. The molecule has 0 amide bonds. The van der Waals surface area contributed by atoms with Gasteiger partial charge in [-0.05, 0) is 6.07 Å². The summed E-state index contributed by atoms with van der Waals surface area (Å²) in [6, 6.07) is 1.09. The first kappa shape index (κ1) is 12.6.